The van der Waals surface area contributed by atoms with Crippen LogP contribution in [0.4, 0.5) is 0 Å². The first-order valence-corrected chi connectivity index (χ1v) is 6.33. The van der Waals surface area contributed by atoms with Gasteiger partial charge in [0.25, 0.3) is 0 Å². The summed E-state index contributed by atoms with van der Waals surface area (Å²) in [4.78, 5) is 24.6. The standard InChI is InChI=1S/C12H23N3O2/c1-10(16)15-8-5-11(6-9-15)14-12(17)4-3-7-13-2/h11,13H,3-9H2,1-2H3,(H,14,17). The molecule has 0 spiro atoms. The number of carbonyl (C=O) groups excluding carboxylic acids is 2. The molecule has 5 nitrogen and oxygen atoms in total. The zero-order valence-electron chi connectivity index (χ0n) is 10.8. The van der Waals surface area contributed by atoms with E-state index in [9.17, 15) is 9.59 Å². The number of hydrogen-bond donors (Lipinski definition) is 2. The number of hydrogen-bond acceptors (Lipinski definition) is 3. The second-order valence-corrected chi connectivity index (χ2v) is 4.55. The van der Waals surface area contributed by atoms with Crippen LogP contribution in [0.5, 0.6) is 0 Å². The molecule has 0 bridgehead atoms. The van der Waals surface area contributed by atoms with Gasteiger partial charge in [0.15, 0.2) is 0 Å². The van der Waals surface area contributed by atoms with Gasteiger partial charge in [0, 0.05) is 32.5 Å². The van der Waals surface area contributed by atoms with Gasteiger partial charge in [0.1, 0.15) is 0 Å². The lowest BCUT2D eigenvalue weighted by Gasteiger charge is -2.31. The van der Waals surface area contributed by atoms with Gasteiger partial charge in [0.2, 0.25) is 11.8 Å². The molecule has 0 radical (unpaired) electrons. The summed E-state index contributed by atoms with van der Waals surface area (Å²) in [5.41, 5.74) is 0. The third-order valence-electron chi connectivity index (χ3n) is 3.14. The van der Waals surface area contributed by atoms with Crippen molar-refractivity contribution < 1.29 is 9.59 Å². The molecule has 0 aromatic carbocycles. The molecule has 1 rings (SSSR count). The normalized spacial score (nSPS) is 16.9. The molecule has 17 heavy (non-hydrogen) atoms. The Kier molecular flexibility index (Phi) is 5.97. The Hall–Kier alpha value is -1.10. The van der Waals surface area contributed by atoms with Gasteiger partial charge in [0.05, 0.1) is 0 Å². The Morgan fingerprint density at radius 1 is 1.29 bits per heavy atom. The van der Waals surface area contributed by atoms with Gasteiger partial charge in [-0.1, -0.05) is 0 Å². The minimum Gasteiger partial charge on any atom is -0.353 e. The maximum absolute atomic E-state index is 11.6. The monoisotopic (exact) mass is 241 g/mol. The first-order chi connectivity index (χ1) is 8.13. The molecule has 1 aliphatic rings. The topological polar surface area (TPSA) is 61.4 Å². The van der Waals surface area contributed by atoms with Gasteiger partial charge in [-0.25, -0.2) is 0 Å². The molecule has 0 aliphatic carbocycles. The number of nitrogens with zero attached hydrogens (tertiary/aromatic N) is 1. The van der Waals surface area contributed by atoms with E-state index in [1.54, 1.807) is 6.92 Å². The van der Waals surface area contributed by atoms with Gasteiger partial charge in [-0.3, -0.25) is 9.59 Å². The predicted octanol–water partition coefficient (Wildman–Crippen LogP) is 0.113. The van der Waals surface area contributed by atoms with Crippen LogP contribution in [0.1, 0.15) is 32.6 Å². The van der Waals surface area contributed by atoms with Crippen LogP contribution in [-0.2, 0) is 9.59 Å². The van der Waals surface area contributed by atoms with Gasteiger partial charge in [-0.2, -0.15) is 0 Å². The fourth-order valence-corrected chi connectivity index (χ4v) is 2.06. The highest BCUT2D eigenvalue weighted by Gasteiger charge is 2.21. The molecular formula is C12H23N3O2. The molecule has 5 heteroatoms. The van der Waals surface area contributed by atoms with E-state index in [-0.39, 0.29) is 17.9 Å². The summed E-state index contributed by atoms with van der Waals surface area (Å²) in [6.45, 7) is 3.99. The van der Waals surface area contributed by atoms with Crippen LogP contribution >= 0.6 is 0 Å². The van der Waals surface area contributed by atoms with Crippen molar-refractivity contribution >= 4 is 11.8 Å². The van der Waals surface area contributed by atoms with Crippen LogP contribution < -0.4 is 10.6 Å². The van der Waals surface area contributed by atoms with E-state index in [1.807, 2.05) is 11.9 Å². The lowest BCUT2D eigenvalue weighted by Crippen LogP contribution is -2.46. The van der Waals surface area contributed by atoms with E-state index in [0.29, 0.717) is 6.42 Å². The van der Waals surface area contributed by atoms with Gasteiger partial charge in [-0.15, -0.1) is 0 Å². The van der Waals surface area contributed by atoms with E-state index in [1.165, 1.54) is 0 Å². The number of likely N-dealkylation sites (tertiary alicyclic amines) is 1. The third kappa shape index (κ3) is 5.17. The summed E-state index contributed by atoms with van der Waals surface area (Å²) in [5.74, 6) is 0.255. The van der Waals surface area contributed by atoms with Crippen LogP contribution in [0.3, 0.4) is 0 Å². The Bertz CT molecular complexity index is 260. The highest BCUT2D eigenvalue weighted by molar-refractivity contribution is 5.76. The van der Waals surface area contributed by atoms with E-state index < -0.39 is 0 Å². The zero-order chi connectivity index (χ0) is 12.7. The average Bonchev–Trinajstić information content (AvgIpc) is 2.30. The molecule has 2 N–H and O–H groups in total. The molecule has 0 unspecified atom stereocenters. The van der Waals surface area contributed by atoms with Crippen molar-refractivity contribution in [3.63, 3.8) is 0 Å². The molecule has 1 saturated heterocycles. The molecule has 1 fully saturated rings. The smallest absolute Gasteiger partial charge is 0.220 e. The maximum Gasteiger partial charge on any atom is 0.220 e. The maximum atomic E-state index is 11.6. The number of nitrogens with one attached hydrogen (secondary N) is 2. The highest BCUT2D eigenvalue weighted by atomic mass is 16.2. The fourth-order valence-electron chi connectivity index (χ4n) is 2.06. The predicted molar refractivity (Wildman–Crippen MR) is 66.6 cm³/mol. The minimum absolute atomic E-state index is 0.126. The SMILES string of the molecule is CNCCCC(=O)NC1CCN(C(C)=O)CC1. The van der Waals surface area contributed by atoms with Crippen molar-refractivity contribution in [3.05, 3.63) is 0 Å². The van der Waals surface area contributed by atoms with E-state index in [4.69, 9.17) is 0 Å². The molecule has 1 aliphatic heterocycles. The van der Waals surface area contributed by atoms with Crippen molar-refractivity contribution in [2.24, 2.45) is 0 Å². The second-order valence-electron chi connectivity index (χ2n) is 4.55. The average molecular weight is 241 g/mol. The Morgan fingerprint density at radius 2 is 1.94 bits per heavy atom. The molecule has 0 atom stereocenters. The lowest BCUT2D eigenvalue weighted by molar-refractivity contribution is -0.130. The molecule has 98 valence electrons. The molecule has 2 amide bonds. The van der Waals surface area contributed by atoms with Crippen molar-refractivity contribution in [2.75, 3.05) is 26.7 Å². The van der Waals surface area contributed by atoms with Crippen LogP contribution in [-0.4, -0.2) is 49.4 Å². The largest absolute Gasteiger partial charge is 0.353 e. The molecular weight excluding hydrogens is 218 g/mol. The summed E-state index contributed by atoms with van der Waals surface area (Å²) in [6.07, 6.45) is 3.19. The summed E-state index contributed by atoms with van der Waals surface area (Å²) in [5, 5.41) is 6.05. The first kappa shape index (κ1) is 14.0. The summed E-state index contributed by atoms with van der Waals surface area (Å²) in [7, 11) is 1.88. The molecule has 1 heterocycles. The lowest BCUT2D eigenvalue weighted by atomic mass is 10.0. The van der Waals surface area contributed by atoms with Crippen molar-refractivity contribution in [3.8, 4) is 0 Å². The Morgan fingerprint density at radius 3 is 2.47 bits per heavy atom. The molecule has 0 aromatic heterocycles. The summed E-state index contributed by atoms with van der Waals surface area (Å²) >= 11 is 0. The Labute approximate surface area is 103 Å². The van der Waals surface area contributed by atoms with E-state index in [0.717, 1.165) is 38.9 Å². The van der Waals surface area contributed by atoms with Gasteiger partial charge < -0.3 is 15.5 Å². The van der Waals surface area contributed by atoms with E-state index in [2.05, 4.69) is 10.6 Å². The number of rotatable bonds is 5. The summed E-state index contributed by atoms with van der Waals surface area (Å²) in [6, 6.07) is 0.243. The molecule has 0 saturated carbocycles. The van der Waals surface area contributed by atoms with Crippen LogP contribution in [0.25, 0.3) is 0 Å². The van der Waals surface area contributed by atoms with Gasteiger partial charge in [-0.05, 0) is 32.9 Å². The van der Waals surface area contributed by atoms with Crippen molar-refractivity contribution in [1.29, 1.82) is 0 Å². The first-order valence-electron chi connectivity index (χ1n) is 6.33. The number of carbonyl (C=O) groups is 2. The Balaban J connectivity index is 2.17. The second kappa shape index (κ2) is 7.27. The van der Waals surface area contributed by atoms with Crippen LogP contribution in [0.2, 0.25) is 0 Å². The summed E-state index contributed by atoms with van der Waals surface area (Å²) < 4.78 is 0. The quantitative estimate of drug-likeness (QED) is 0.672. The third-order valence-corrected chi connectivity index (χ3v) is 3.14. The van der Waals surface area contributed by atoms with Crippen molar-refractivity contribution in [1.82, 2.24) is 15.5 Å². The van der Waals surface area contributed by atoms with Crippen LogP contribution in [0, 0.1) is 0 Å². The number of amides is 2. The van der Waals surface area contributed by atoms with Crippen molar-refractivity contribution in [2.45, 2.75) is 38.6 Å². The van der Waals surface area contributed by atoms with E-state index >= 15 is 0 Å². The fraction of sp³-hybridized carbons (Fsp3) is 0.833. The van der Waals surface area contributed by atoms with Crippen LogP contribution in [0.15, 0.2) is 0 Å². The highest BCUT2D eigenvalue weighted by Crippen LogP contribution is 2.10. The molecule has 0 aromatic rings. The van der Waals surface area contributed by atoms with Gasteiger partial charge >= 0.3 is 0 Å². The number of piperidine rings is 1. The zero-order valence-corrected chi connectivity index (χ0v) is 10.8. The minimum atomic E-state index is 0.126.